The Balaban J connectivity index is 1.84. The summed E-state index contributed by atoms with van der Waals surface area (Å²) in [6, 6.07) is 8.48. The second kappa shape index (κ2) is 5.55. The second-order valence-electron chi connectivity index (χ2n) is 4.36. The topological polar surface area (TPSA) is 21.3 Å². The number of hydrogen-bond donors (Lipinski definition) is 1. The minimum absolute atomic E-state index is 0.461. The molecule has 0 saturated heterocycles. The molecule has 0 amide bonds. The number of benzene rings is 1. The molecule has 16 heavy (non-hydrogen) atoms. The first kappa shape index (κ1) is 11.7. The monoisotopic (exact) mass is 239 g/mol. The zero-order valence-electron chi connectivity index (χ0n) is 9.58. The van der Waals surface area contributed by atoms with Crippen molar-refractivity contribution in [2.75, 3.05) is 12.4 Å². The summed E-state index contributed by atoms with van der Waals surface area (Å²) in [7, 11) is 1.80. The standard InChI is InChI=1S/C13H18ClNO/c1-16-13-8-6-12(7-9-13)15-11-4-2-10(14)3-5-11/h2-5,12-13,15H,6-9H2,1H3. The summed E-state index contributed by atoms with van der Waals surface area (Å²) in [5.74, 6) is 0. The van der Waals surface area contributed by atoms with Gasteiger partial charge >= 0.3 is 0 Å². The van der Waals surface area contributed by atoms with E-state index in [0.29, 0.717) is 12.1 Å². The summed E-state index contributed by atoms with van der Waals surface area (Å²) in [4.78, 5) is 0. The Labute approximate surface area is 102 Å². The molecule has 0 atom stereocenters. The van der Waals surface area contributed by atoms with Crippen molar-refractivity contribution < 1.29 is 4.74 Å². The van der Waals surface area contributed by atoms with Crippen LogP contribution in [-0.4, -0.2) is 19.3 Å². The summed E-state index contributed by atoms with van der Waals surface area (Å²) < 4.78 is 5.36. The van der Waals surface area contributed by atoms with Crippen molar-refractivity contribution in [3.05, 3.63) is 29.3 Å². The van der Waals surface area contributed by atoms with Crippen LogP contribution in [0.25, 0.3) is 0 Å². The van der Waals surface area contributed by atoms with Crippen molar-refractivity contribution in [2.45, 2.75) is 37.8 Å². The smallest absolute Gasteiger partial charge is 0.0572 e. The van der Waals surface area contributed by atoms with E-state index in [4.69, 9.17) is 16.3 Å². The molecule has 0 spiro atoms. The van der Waals surface area contributed by atoms with Gasteiger partial charge in [0.15, 0.2) is 0 Å². The molecular weight excluding hydrogens is 222 g/mol. The van der Waals surface area contributed by atoms with Crippen molar-refractivity contribution in [3.8, 4) is 0 Å². The maximum atomic E-state index is 5.85. The third-order valence-electron chi connectivity index (χ3n) is 3.22. The fourth-order valence-electron chi connectivity index (χ4n) is 2.22. The predicted octanol–water partition coefficient (Wildman–Crippen LogP) is 3.71. The van der Waals surface area contributed by atoms with E-state index in [1.54, 1.807) is 7.11 Å². The summed E-state index contributed by atoms with van der Waals surface area (Å²) in [6.07, 6.45) is 5.13. The lowest BCUT2D eigenvalue weighted by molar-refractivity contribution is 0.0682. The summed E-state index contributed by atoms with van der Waals surface area (Å²) in [5.41, 5.74) is 1.16. The molecule has 88 valence electrons. The van der Waals surface area contributed by atoms with Crippen molar-refractivity contribution in [3.63, 3.8) is 0 Å². The van der Waals surface area contributed by atoms with Crippen molar-refractivity contribution in [2.24, 2.45) is 0 Å². The maximum Gasteiger partial charge on any atom is 0.0572 e. The molecule has 1 aliphatic rings. The SMILES string of the molecule is COC1CCC(Nc2ccc(Cl)cc2)CC1. The average Bonchev–Trinajstić information content (AvgIpc) is 2.33. The molecule has 2 rings (SSSR count). The zero-order chi connectivity index (χ0) is 11.4. The number of ether oxygens (including phenoxy) is 1. The highest BCUT2D eigenvalue weighted by atomic mass is 35.5. The Hall–Kier alpha value is -0.730. The molecule has 3 heteroatoms. The fourth-order valence-corrected chi connectivity index (χ4v) is 2.35. The summed E-state index contributed by atoms with van der Waals surface area (Å²) in [6.45, 7) is 0. The van der Waals surface area contributed by atoms with Crippen LogP contribution in [0.4, 0.5) is 5.69 Å². The van der Waals surface area contributed by atoms with E-state index >= 15 is 0 Å². The van der Waals surface area contributed by atoms with Gasteiger partial charge in [0, 0.05) is 23.9 Å². The van der Waals surface area contributed by atoms with Crippen LogP contribution in [0.3, 0.4) is 0 Å². The van der Waals surface area contributed by atoms with Crippen LogP contribution < -0.4 is 5.32 Å². The highest BCUT2D eigenvalue weighted by molar-refractivity contribution is 6.30. The van der Waals surface area contributed by atoms with Gasteiger partial charge in [0.1, 0.15) is 0 Å². The summed E-state index contributed by atoms with van der Waals surface area (Å²) >= 11 is 5.85. The average molecular weight is 240 g/mol. The Morgan fingerprint density at radius 1 is 1.12 bits per heavy atom. The van der Waals surface area contributed by atoms with Gasteiger partial charge in [-0.1, -0.05) is 11.6 Å². The molecule has 2 nitrogen and oxygen atoms in total. The third kappa shape index (κ3) is 3.13. The van der Waals surface area contributed by atoms with E-state index in [2.05, 4.69) is 5.32 Å². The maximum absolute atomic E-state index is 5.85. The molecular formula is C13H18ClNO. The van der Waals surface area contributed by atoms with Crippen LogP contribution in [0.5, 0.6) is 0 Å². The minimum Gasteiger partial charge on any atom is -0.382 e. The Bertz CT molecular complexity index is 317. The first-order chi connectivity index (χ1) is 7.78. The van der Waals surface area contributed by atoms with Gasteiger partial charge in [0.25, 0.3) is 0 Å². The van der Waals surface area contributed by atoms with Gasteiger partial charge in [-0.25, -0.2) is 0 Å². The predicted molar refractivity (Wildman–Crippen MR) is 68.1 cm³/mol. The fraction of sp³-hybridized carbons (Fsp3) is 0.538. The molecule has 0 aliphatic heterocycles. The van der Waals surface area contributed by atoms with Gasteiger partial charge in [0.05, 0.1) is 6.10 Å². The molecule has 0 heterocycles. The molecule has 0 radical (unpaired) electrons. The Morgan fingerprint density at radius 2 is 1.75 bits per heavy atom. The molecule has 0 aromatic heterocycles. The van der Waals surface area contributed by atoms with E-state index in [-0.39, 0.29) is 0 Å². The Morgan fingerprint density at radius 3 is 2.31 bits per heavy atom. The third-order valence-corrected chi connectivity index (χ3v) is 3.47. The molecule has 1 aliphatic carbocycles. The van der Waals surface area contributed by atoms with Crippen LogP contribution in [0, 0.1) is 0 Å². The number of methoxy groups -OCH3 is 1. The molecule has 1 fully saturated rings. The lowest BCUT2D eigenvalue weighted by Crippen LogP contribution is -2.29. The lowest BCUT2D eigenvalue weighted by atomic mass is 9.93. The van der Waals surface area contributed by atoms with Crippen LogP contribution in [0.2, 0.25) is 5.02 Å². The van der Waals surface area contributed by atoms with Crippen LogP contribution >= 0.6 is 11.6 Å². The first-order valence-corrected chi connectivity index (χ1v) is 6.20. The summed E-state index contributed by atoms with van der Waals surface area (Å²) in [5, 5.41) is 4.32. The highest BCUT2D eigenvalue weighted by Gasteiger charge is 2.20. The van der Waals surface area contributed by atoms with Crippen LogP contribution in [0.1, 0.15) is 25.7 Å². The van der Waals surface area contributed by atoms with Gasteiger partial charge in [0.2, 0.25) is 0 Å². The van der Waals surface area contributed by atoms with Gasteiger partial charge in [-0.15, -0.1) is 0 Å². The normalized spacial score (nSPS) is 25.4. The quantitative estimate of drug-likeness (QED) is 0.868. The molecule has 0 unspecified atom stereocenters. The number of halogens is 1. The number of anilines is 1. The van der Waals surface area contributed by atoms with Crippen LogP contribution in [0.15, 0.2) is 24.3 Å². The molecule has 1 saturated carbocycles. The number of hydrogen-bond acceptors (Lipinski definition) is 2. The Kier molecular flexibility index (Phi) is 4.08. The largest absolute Gasteiger partial charge is 0.382 e. The lowest BCUT2D eigenvalue weighted by Gasteiger charge is -2.28. The van der Waals surface area contributed by atoms with E-state index in [0.717, 1.165) is 23.6 Å². The molecule has 0 bridgehead atoms. The van der Waals surface area contributed by atoms with Gasteiger partial charge in [-0.3, -0.25) is 0 Å². The molecule has 1 N–H and O–H groups in total. The first-order valence-electron chi connectivity index (χ1n) is 5.83. The number of nitrogens with one attached hydrogen (secondary N) is 1. The van der Waals surface area contributed by atoms with E-state index in [9.17, 15) is 0 Å². The van der Waals surface area contributed by atoms with Crippen molar-refractivity contribution in [1.82, 2.24) is 0 Å². The van der Waals surface area contributed by atoms with E-state index in [1.807, 2.05) is 24.3 Å². The van der Waals surface area contributed by atoms with Gasteiger partial charge < -0.3 is 10.1 Å². The second-order valence-corrected chi connectivity index (χ2v) is 4.80. The van der Waals surface area contributed by atoms with Crippen molar-refractivity contribution >= 4 is 17.3 Å². The van der Waals surface area contributed by atoms with Crippen LogP contribution in [-0.2, 0) is 4.74 Å². The van der Waals surface area contributed by atoms with E-state index in [1.165, 1.54) is 12.8 Å². The molecule has 1 aromatic rings. The highest BCUT2D eigenvalue weighted by Crippen LogP contribution is 2.24. The van der Waals surface area contributed by atoms with Crippen molar-refractivity contribution in [1.29, 1.82) is 0 Å². The molecule has 1 aromatic carbocycles. The number of rotatable bonds is 3. The van der Waals surface area contributed by atoms with E-state index < -0.39 is 0 Å². The minimum atomic E-state index is 0.461. The van der Waals surface area contributed by atoms with Gasteiger partial charge in [-0.05, 0) is 49.9 Å². The zero-order valence-corrected chi connectivity index (χ0v) is 10.3. The van der Waals surface area contributed by atoms with Gasteiger partial charge in [-0.2, -0.15) is 0 Å².